The third-order valence-corrected chi connectivity index (χ3v) is 3.87. The van der Waals surface area contributed by atoms with Crippen LogP contribution >= 0.6 is 0 Å². The first-order valence-corrected chi connectivity index (χ1v) is 6.80. The summed E-state index contributed by atoms with van der Waals surface area (Å²) in [5, 5.41) is 0. The van der Waals surface area contributed by atoms with Crippen LogP contribution in [0.4, 0.5) is 0 Å². The Morgan fingerprint density at radius 1 is 1.05 bits per heavy atom. The number of carbonyl (C=O) groups excluding carboxylic acids is 1. The highest BCUT2D eigenvalue weighted by atomic mass is 17.2. The van der Waals surface area contributed by atoms with Crippen LogP contribution in [0, 0.1) is 0 Å². The molecule has 3 rings (SSSR count). The summed E-state index contributed by atoms with van der Waals surface area (Å²) in [6.45, 7) is 2.36. The van der Waals surface area contributed by atoms with Crippen LogP contribution in [0.3, 0.4) is 0 Å². The Kier molecular flexibility index (Phi) is 3.52. The molecule has 0 aliphatic heterocycles. The minimum atomic E-state index is -0.176. The zero-order chi connectivity index (χ0) is 13.9. The second-order valence-corrected chi connectivity index (χ2v) is 4.89. The maximum absolute atomic E-state index is 10.4. The summed E-state index contributed by atoms with van der Waals surface area (Å²) < 4.78 is 0. The highest BCUT2D eigenvalue weighted by Crippen LogP contribution is 2.47. The van der Waals surface area contributed by atoms with E-state index in [4.69, 9.17) is 4.89 Å². The first-order valence-electron chi connectivity index (χ1n) is 6.80. The lowest BCUT2D eigenvalue weighted by Gasteiger charge is -2.22. The molecule has 2 aromatic rings. The summed E-state index contributed by atoms with van der Waals surface area (Å²) in [5.41, 5.74) is 4.94. The van der Waals surface area contributed by atoms with Crippen LogP contribution in [0.2, 0.25) is 0 Å². The van der Waals surface area contributed by atoms with Gasteiger partial charge in [-0.05, 0) is 28.7 Å². The quantitative estimate of drug-likeness (QED) is 0.471. The molecule has 0 saturated heterocycles. The van der Waals surface area contributed by atoms with E-state index in [0.29, 0.717) is 6.47 Å². The Morgan fingerprint density at radius 2 is 1.60 bits per heavy atom. The molecule has 0 amide bonds. The van der Waals surface area contributed by atoms with Crippen molar-refractivity contribution < 1.29 is 14.6 Å². The first-order chi connectivity index (χ1) is 9.86. The smallest absolute Gasteiger partial charge is 0.301 e. The molecule has 0 saturated carbocycles. The molecule has 20 heavy (non-hydrogen) atoms. The van der Waals surface area contributed by atoms with Gasteiger partial charge in [-0.2, -0.15) is 4.89 Å². The number of benzene rings is 2. The molecule has 1 aliphatic carbocycles. The highest BCUT2D eigenvalue weighted by molar-refractivity contribution is 5.79. The lowest BCUT2D eigenvalue weighted by Crippen LogP contribution is -2.21. The van der Waals surface area contributed by atoms with Gasteiger partial charge in [0.05, 0.1) is 0 Å². The molecule has 0 radical (unpaired) electrons. The van der Waals surface area contributed by atoms with Crippen molar-refractivity contribution >= 4 is 6.47 Å². The maximum Gasteiger partial charge on any atom is 0.330 e. The van der Waals surface area contributed by atoms with E-state index in [9.17, 15) is 4.79 Å². The fraction of sp³-hybridized carbons (Fsp3) is 0.235. The Labute approximate surface area is 118 Å². The average Bonchev–Trinajstić information content (AvgIpc) is 2.84. The van der Waals surface area contributed by atoms with Crippen LogP contribution in [0.5, 0.6) is 0 Å². The van der Waals surface area contributed by atoms with E-state index in [2.05, 4.69) is 29.2 Å². The Hall–Kier alpha value is -2.13. The van der Waals surface area contributed by atoms with Crippen molar-refractivity contribution in [2.45, 2.75) is 25.4 Å². The van der Waals surface area contributed by atoms with E-state index < -0.39 is 0 Å². The number of hydrogen-bond acceptors (Lipinski definition) is 3. The molecule has 3 nitrogen and oxygen atoms in total. The van der Waals surface area contributed by atoms with Crippen molar-refractivity contribution in [2.24, 2.45) is 0 Å². The Balaban J connectivity index is 2.08. The second kappa shape index (κ2) is 5.47. The SMILES string of the molecule is CCC(OOC=O)C1c2ccccc2-c2ccccc21. The monoisotopic (exact) mass is 268 g/mol. The van der Waals surface area contributed by atoms with Crippen molar-refractivity contribution in [1.82, 2.24) is 0 Å². The van der Waals surface area contributed by atoms with E-state index in [0.717, 1.165) is 6.42 Å². The standard InChI is InChI=1S/C17H16O3/c1-2-16(20-19-11-18)17-14-9-5-3-7-12(14)13-8-4-6-10-15(13)17/h3-11,16-17H,2H2,1H3. The van der Waals surface area contributed by atoms with Crippen molar-refractivity contribution in [3.63, 3.8) is 0 Å². The van der Waals surface area contributed by atoms with Crippen molar-refractivity contribution in [3.8, 4) is 11.1 Å². The van der Waals surface area contributed by atoms with Crippen LogP contribution < -0.4 is 0 Å². The third kappa shape index (κ3) is 2.00. The predicted molar refractivity (Wildman–Crippen MR) is 76.0 cm³/mol. The van der Waals surface area contributed by atoms with Gasteiger partial charge in [-0.25, -0.2) is 0 Å². The van der Waals surface area contributed by atoms with Gasteiger partial charge in [0.2, 0.25) is 0 Å². The molecule has 0 heterocycles. The van der Waals surface area contributed by atoms with Crippen molar-refractivity contribution in [2.75, 3.05) is 0 Å². The number of fused-ring (bicyclic) bond motifs is 3. The average molecular weight is 268 g/mol. The fourth-order valence-electron chi connectivity index (χ4n) is 3.05. The second-order valence-electron chi connectivity index (χ2n) is 4.89. The molecule has 1 atom stereocenters. The maximum atomic E-state index is 10.4. The van der Waals surface area contributed by atoms with Gasteiger partial charge >= 0.3 is 6.47 Å². The molecular formula is C17H16O3. The Bertz CT molecular complexity index is 576. The summed E-state index contributed by atoms with van der Waals surface area (Å²) in [6.07, 6.45) is 0.589. The van der Waals surface area contributed by atoms with Crippen molar-refractivity contribution in [1.29, 1.82) is 0 Å². The zero-order valence-corrected chi connectivity index (χ0v) is 11.3. The first kappa shape index (κ1) is 12.9. The summed E-state index contributed by atoms with van der Waals surface area (Å²) in [5.74, 6) is 0.104. The van der Waals surface area contributed by atoms with Gasteiger partial charge in [0.15, 0.2) is 0 Å². The largest absolute Gasteiger partial charge is 0.330 e. The summed E-state index contributed by atoms with van der Waals surface area (Å²) in [4.78, 5) is 20.2. The van der Waals surface area contributed by atoms with E-state index in [-0.39, 0.29) is 12.0 Å². The minimum Gasteiger partial charge on any atom is -0.301 e. The molecule has 0 spiro atoms. The molecule has 3 heteroatoms. The van der Waals surface area contributed by atoms with Crippen LogP contribution in [0.1, 0.15) is 30.4 Å². The zero-order valence-electron chi connectivity index (χ0n) is 11.3. The molecule has 0 N–H and O–H groups in total. The minimum absolute atomic E-state index is 0.104. The molecule has 1 aliphatic rings. The number of rotatable bonds is 5. The molecule has 0 fully saturated rings. The van der Waals surface area contributed by atoms with Gasteiger partial charge in [-0.3, -0.25) is 4.79 Å². The van der Waals surface area contributed by atoms with E-state index in [1.807, 2.05) is 31.2 Å². The third-order valence-electron chi connectivity index (χ3n) is 3.87. The topological polar surface area (TPSA) is 35.5 Å². The highest BCUT2D eigenvalue weighted by Gasteiger charge is 2.34. The lowest BCUT2D eigenvalue weighted by molar-refractivity contribution is -0.289. The van der Waals surface area contributed by atoms with Gasteiger partial charge in [-0.1, -0.05) is 55.5 Å². The molecule has 0 aromatic heterocycles. The molecule has 102 valence electrons. The van der Waals surface area contributed by atoms with Gasteiger partial charge in [0, 0.05) is 5.92 Å². The van der Waals surface area contributed by atoms with Gasteiger partial charge in [-0.15, -0.1) is 0 Å². The number of carbonyl (C=O) groups is 1. The molecule has 1 unspecified atom stereocenters. The van der Waals surface area contributed by atoms with E-state index in [1.165, 1.54) is 22.3 Å². The fourth-order valence-corrected chi connectivity index (χ4v) is 3.05. The van der Waals surface area contributed by atoms with Gasteiger partial charge in [0.25, 0.3) is 0 Å². The molecular weight excluding hydrogens is 252 g/mol. The van der Waals surface area contributed by atoms with Gasteiger partial charge in [0.1, 0.15) is 6.10 Å². The van der Waals surface area contributed by atoms with Crippen LogP contribution in [0.25, 0.3) is 11.1 Å². The summed E-state index contributed by atoms with van der Waals surface area (Å²) in [6, 6.07) is 16.6. The summed E-state index contributed by atoms with van der Waals surface area (Å²) in [7, 11) is 0. The van der Waals surface area contributed by atoms with Crippen LogP contribution in [-0.4, -0.2) is 12.6 Å². The summed E-state index contributed by atoms with van der Waals surface area (Å²) >= 11 is 0. The van der Waals surface area contributed by atoms with E-state index >= 15 is 0 Å². The van der Waals surface area contributed by atoms with Crippen LogP contribution in [0.15, 0.2) is 48.5 Å². The lowest BCUT2D eigenvalue weighted by atomic mass is 9.90. The van der Waals surface area contributed by atoms with Crippen molar-refractivity contribution in [3.05, 3.63) is 59.7 Å². The van der Waals surface area contributed by atoms with Crippen LogP contribution in [-0.2, 0) is 14.6 Å². The van der Waals surface area contributed by atoms with E-state index in [1.54, 1.807) is 0 Å². The normalized spacial score (nSPS) is 14.4. The predicted octanol–water partition coefficient (Wildman–Crippen LogP) is 3.68. The molecule has 0 bridgehead atoms. The van der Waals surface area contributed by atoms with Gasteiger partial charge < -0.3 is 4.89 Å². The number of hydrogen-bond donors (Lipinski definition) is 0. The Morgan fingerprint density at radius 3 is 2.10 bits per heavy atom. The molecule has 2 aromatic carbocycles.